The zero-order valence-corrected chi connectivity index (χ0v) is 17.9. The highest BCUT2D eigenvalue weighted by Crippen LogP contribution is 2.38. The van der Waals surface area contributed by atoms with Crippen LogP contribution in [0.5, 0.6) is 0 Å². The summed E-state index contributed by atoms with van der Waals surface area (Å²) >= 11 is 0. The number of rotatable bonds is 4. The fourth-order valence-electron chi connectivity index (χ4n) is 4.37. The van der Waals surface area contributed by atoms with Crippen molar-refractivity contribution in [1.82, 2.24) is 9.91 Å². The number of hydrogen-bond donors (Lipinski definition) is 1. The third-order valence-electron chi connectivity index (χ3n) is 6.07. The quantitative estimate of drug-likeness (QED) is 0.457. The number of likely N-dealkylation sites (tertiary alicyclic amines) is 1. The van der Waals surface area contributed by atoms with Gasteiger partial charge in [-0.3, -0.25) is 4.99 Å². The van der Waals surface area contributed by atoms with Crippen LogP contribution in [0.4, 0.5) is 35.5 Å². The summed E-state index contributed by atoms with van der Waals surface area (Å²) in [5.74, 6) is -0.666. The molecule has 0 bridgehead atoms. The molecule has 1 amide bonds. The van der Waals surface area contributed by atoms with Crippen LogP contribution in [-0.4, -0.2) is 66.6 Å². The summed E-state index contributed by atoms with van der Waals surface area (Å²) in [5.41, 5.74) is 7.48. The number of fused-ring (bicyclic) bond motifs is 1. The Morgan fingerprint density at radius 1 is 1.21 bits per heavy atom. The van der Waals surface area contributed by atoms with Gasteiger partial charge < -0.3 is 15.4 Å². The van der Waals surface area contributed by atoms with E-state index in [-0.39, 0.29) is 24.9 Å². The van der Waals surface area contributed by atoms with Crippen LogP contribution < -0.4 is 5.73 Å². The van der Waals surface area contributed by atoms with Gasteiger partial charge in [0.1, 0.15) is 12.0 Å². The van der Waals surface area contributed by atoms with E-state index >= 15 is 0 Å². The second-order valence-electron chi connectivity index (χ2n) is 8.39. The van der Waals surface area contributed by atoms with Gasteiger partial charge in [-0.05, 0) is 44.1 Å². The second-order valence-corrected chi connectivity index (χ2v) is 8.39. The van der Waals surface area contributed by atoms with E-state index in [0.717, 1.165) is 11.1 Å². The van der Waals surface area contributed by atoms with Gasteiger partial charge in [-0.15, -0.1) is 0 Å². The summed E-state index contributed by atoms with van der Waals surface area (Å²) in [5, 5.41) is 5.53. The molecule has 0 saturated carbocycles. The Morgan fingerprint density at radius 2 is 1.82 bits per heavy atom. The first kappa shape index (κ1) is 25.8. The van der Waals surface area contributed by atoms with E-state index in [4.69, 9.17) is 5.73 Å². The number of piperidine rings is 2. The lowest BCUT2D eigenvalue weighted by molar-refractivity contribution is -0.308. The number of alkyl halides is 6. The molecule has 2 fully saturated rings. The van der Waals surface area contributed by atoms with Crippen molar-refractivity contribution in [3.05, 3.63) is 23.3 Å². The van der Waals surface area contributed by atoms with E-state index in [1.54, 1.807) is 5.01 Å². The summed E-state index contributed by atoms with van der Waals surface area (Å²) in [4.78, 5) is 16.9. The number of hydrogen-bond acceptors (Lipinski definition) is 6. The maximum atomic E-state index is 13.5. The van der Waals surface area contributed by atoms with E-state index in [0.29, 0.717) is 43.5 Å². The van der Waals surface area contributed by atoms with Gasteiger partial charge >= 0.3 is 18.4 Å². The van der Waals surface area contributed by atoms with Crippen molar-refractivity contribution < 1.29 is 40.3 Å². The Bertz CT molecular complexity index is 862. The summed E-state index contributed by atoms with van der Waals surface area (Å²) < 4.78 is 93.0. The minimum atomic E-state index is -5.76. The highest BCUT2D eigenvalue weighted by molar-refractivity contribution is 5.76. The molecule has 0 aromatic rings. The van der Waals surface area contributed by atoms with Gasteiger partial charge in [0.05, 0.1) is 11.9 Å². The molecule has 14 heteroatoms. The average molecular weight is 499 g/mol. The van der Waals surface area contributed by atoms with Crippen LogP contribution in [-0.2, 0) is 4.74 Å². The number of ether oxygens (including phenoxy) is 1. The van der Waals surface area contributed by atoms with Crippen molar-refractivity contribution >= 4 is 19.0 Å². The Kier molecular flexibility index (Phi) is 7.46. The summed E-state index contributed by atoms with van der Waals surface area (Å²) in [6, 6.07) is 0. The summed E-state index contributed by atoms with van der Waals surface area (Å²) in [7, 11) is 0. The van der Waals surface area contributed by atoms with Crippen molar-refractivity contribution in [2.75, 3.05) is 13.1 Å². The number of allylic oxidation sites excluding steroid dienone is 3. The zero-order valence-electron chi connectivity index (χ0n) is 17.9. The topological polar surface area (TPSA) is 83.5 Å². The van der Waals surface area contributed by atoms with Gasteiger partial charge in [-0.25, -0.2) is 14.2 Å². The molecule has 0 aromatic carbocycles. The van der Waals surface area contributed by atoms with Crippen LogP contribution in [0.15, 0.2) is 33.4 Å². The number of aliphatic imine (C=N–C) groups is 1. The minimum Gasteiger partial charge on any atom is -0.426 e. The number of nitrogens with zero attached hydrogens (tertiary/aromatic N) is 4. The van der Waals surface area contributed by atoms with Crippen LogP contribution >= 0.6 is 0 Å². The molecule has 7 nitrogen and oxygen atoms in total. The predicted molar refractivity (Wildman–Crippen MR) is 108 cm³/mol. The number of carbonyl (C=O) groups is 1. The standard InChI is InChI=1S/C20H24F7N5O2/c1-29-32-15(3-2-12-9-13(21)10-30-16(12)32)14(28)8-11-4-6-31(7-5-11)18(33)34-17(19(22,23)24)20(25,26)27/h9-12,16-17H,1-8,28H2/b15-14+. The van der Waals surface area contributed by atoms with E-state index in [9.17, 15) is 35.5 Å². The molecule has 0 spiro atoms. The molecule has 0 radical (unpaired) electrons. The van der Waals surface area contributed by atoms with Gasteiger partial charge in [-0.1, -0.05) is 0 Å². The smallest absolute Gasteiger partial charge is 0.426 e. The fourth-order valence-corrected chi connectivity index (χ4v) is 4.37. The van der Waals surface area contributed by atoms with Crippen LogP contribution in [0.2, 0.25) is 0 Å². The van der Waals surface area contributed by atoms with Gasteiger partial charge in [0.15, 0.2) is 0 Å². The molecule has 3 aliphatic rings. The normalized spacial score (nSPS) is 25.7. The van der Waals surface area contributed by atoms with E-state index in [2.05, 4.69) is 21.5 Å². The Morgan fingerprint density at radius 3 is 2.38 bits per heavy atom. The first-order chi connectivity index (χ1) is 15.8. The van der Waals surface area contributed by atoms with E-state index in [1.165, 1.54) is 6.08 Å². The van der Waals surface area contributed by atoms with Crippen LogP contribution in [0.1, 0.15) is 32.1 Å². The van der Waals surface area contributed by atoms with Crippen molar-refractivity contribution in [1.29, 1.82) is 0 Å². The molecule has 0 aliphatic carbocycles. The molecule has 2 saturated heterocycles. The molecule has 2 N–H and O–H groups in total. The van der Waals surface area contributed by atoms with Gasteiger partial charge in [0, 0.05) is 31.4 Å². The minimum absolute atomic E-state index is 0.0610. The average Bonchev–Trinajstić information content (AvgIpc) is 2.75. The molecule has 2 unspecified atom stereocenters. The third kappa shape index (κ3) is 5.81. The number of halogens is 7. The number of hydrazone groups is 1. The molecule has 2 atom stereocenters. The van der Waals surface area contributed by atoms with E-state index in [1.807, 2.05) is 0 Å². The van der Waals surface area contributed by atoms with Gasteiger partial charge in [0.2, 0.25) is 0 Å². The number of dihydropyridines is 1. The Labute approximate surface area is 190 Å². The first-order valence-corrected chi connectivity index (χ1v) is 10.5. The predicted octanol–water partition coefficient (Wildman–Crippen LogP) is 4.48. The van der Waals surface area contributed by atoms with Crippen molar-refractivity contribution in [2.24, 2.45) is 27.7 Å². The molecule has 190 valence electrons. The Balaban J connectivity index is 1.58. The van der Waals surface area contributed by atoms with Gasteiger partial charge in [0.25, 0.3) is 6.10 Å². The molecular formula is C20H24F7N5O2. The molecule has 3 rings (SSSR count). The van der Waals surface area contributed by atoms with Crippen LogP contribution in [0.25, 0.3) is 0 Å². The highest BCUT2D eigenvalue weighted by atomic mass is 19.4. The summed E-state index contributed by atoms with van der Waals surface area (Å²) in [6.45, 7) is 3.40. The van der Waals surface area contributed by atoms with Gasteiger partial charge in [-0.2, -0.15) is 31.4 Å². The van der Waals surface area contributed by atoms with Crippen LogP contribution in [0.3, 0.4) is 0 Å². The number of amides is 1. The fraction of sp³-hybridized carbons (Fsp3) is 0.650. The van der Waals surface area contributed by atoms with Crippen molar-refractivity contribution in [3.63, 3.8) is 0 Å². The van der Waals surface area contributed by atoms with Crippen LogP contribution in [0, 0.1) is 11.8 Å². The summed E-state index contributed by atoms with van der Waals surface area (Å²) in [6.07, 6.45) is -13.2. The second kappa shape index (κ2) is 9.82. The molecular weight excluding hydrogens is 475 g/mol. The van der Waals surface area contributed by atoms with E-state index < -0.39 is 36.5 Å². The Hall–Kier alpha value is -2.80. The molecule has 3 aliphatic heterocycles. The largest absolute Gasteiger partial charge is 0.434 e. The number of carbonyl (C=O) groups excluding carboxylic acids is 1. The zero-order chi connectivity index (χ0) is 25.3. The van der Waals surface area contributed by atoms with Crippen molar-refractivity contribution in [3.8, 4) is 0 Å². The maximum Gasteiger partial charge on any atom is 0.434 e. The molecule has 34 heavy (non-hydrogen) atoms. The van der Waals surface area contributed by atoms with Crippen molar-refractivity contribution in [2.45, 2.75) is 56.7 Å². The molecule has 3 heterocycles. The lowest BCUT2D eigenvalue weighted by Gasteiger charge is -2.39. The maximum absolute atomic E-state index is 13.5. The SMILES string of the molecule is C=NN1/C(=C(/N)CC2CCN(C(=O)OC(C(F)(F)F)C(F)(F)F)CC2)CCC2C=C(F)C=NC21. The highest BCUT2D eigenvalue weighted by Gasteiger charge is 2.60. The number of nitrogens with two attached hydrogens (primary N) is 1. The third-order valence-corrected chi connectivity index (χ3v) is 6.07. The lowest BCUT2D eigenvalue weighted by atomic mass is 9.88. The molecule has 0 aromatic heterocycles. The lowest BCUT2D eigenvalue weighted by Crippen LogP contribution is -2.49. The first-order valence-electron chi connectivity index (χ1n) is 10.5. The monoisotopic (exact) mass is 499 g/mol.